The topological polar surface area (TPSA) is 60.7 Å². The Morgan fingerprint density at radius 3 is 2.59 bits per heavy atom. The summed E-state index contributed by atoms with van der Waals surface area (Å²) < 4.78 is 13.6. The van der Waals surface area contributed by atoms with Gasteiger partial charge in [-0.2, -0.15) is 4.80 Å². The van der Waals surface area contributed by atoms with Crippen molar-refractivity contribution in [1.29, 1.82) is 0 Å². The van der Waals surface area contributed by atoms with Crippen LogP contribution < -0.4 is 0 Å². The Morgan fingerprint density at radius 1 is 1.14 bits per heavy atom. The first-order chi connectivity index (χ1) is 10.6. The van der Waals surface area contributed by atoms with Crippen LogP contribution in [0.3, 0.4) is 0 Å². The summed E-state index contributed by atoms with van der Waals surface area (Å²) >= 11 is 5.81. The molecule has 1 aromatic heterocycles. The summed E-state index contributed by atoms with van der Waals surface area (Å²) in [4.78, 5) is 13.2. The normalized spacial score (nSPS) is 10.6. The monoisotopic (exact) mass is 316 g/mol. The van der Waals surface area contributed by atoms with Gasteiger partial charge in [0.05, 0.1) is 5.56 Å². The number of Topliss-reactive ketones (excluding diaryl/α,β-unsaturated/α-hetero) is 1. The van der Waals surface area contributed by atoms with Crippen molar-refractivity contribution in [2.75, 3.05) is 0 Å². The maximum absolute atomic E-state index is 13.6. The standard InChI is InChI=1S/C15H10ClFN4O/c16-11-7-5-10(6-8-11)15-18-20-21(19-15)9-14(22)12-3-1-2-4-13(12)17/h1-8H,9H2. The Hall–Kier alpha value is -2.60. The second-order valence-corrected chi connectivity index (χ2v) is 4.99. The van der Waals surface area contributed by atoms with Crippen molar-refractivity contribution in [2.24, 2.45) is 0 Å². The summed E-state index contributed by atoms with van der Waals surface area (Å²) in [5.74, 6) is -0.610. The third-order valence-corrected chi connectivity index (χ3v) is 3.27. The first-order valence-corrected chi connectivity index (χ1v) is 6.83. The van der Waals surface area contributed by atoms with Crippen molar-refractivity contribution in [3.05, 3.63) is 64.9 Å². The van der Waals surface area contributed by atoms with E-state index >= 15 is 0 Å². The van der Waals surface area contributed by atoms with Crippen LogP contribution in [-0.2, 0) is 6.54 Å². The van der Waals surface area contributed by atoms with Crippen LogP contribution in [0.5, 0.6) is 0 Å². The van der Waals surface area contributed by atoms with Gasteiger partial charge in [0.1, 0.15) is 12.4 Å². The van der Waals surface area contributed by atoms with E-state index in [4.69, 9.17) is 11.6 Å². The molecule has 1 heterocycles. The highest BCUT2D eigenvalue weighted by Gasteiger charge is 2.14. The zero-order valence-electron chi connectivity index (χ0n) is 11.3. The van der Waals surface area contributed by atoms with Gasteiger partial charge >= 0.3 is 0 Å². The second kappa shape index (κ2) is 6.03. The van der Waals surface area contributed by atoms with Gasteiger partial charge in [-0.05, 0) is 41.6 Å². The zero-order valence-corrected chi connectivity index (χ0v) is 12.0. The van der Waals surface area contributed by atoms with Gasteiger partial charge in [-0.3, -0.25) is 4.79 Å². The molecule has 0 aliphatic carbocycles. The van der Waals surface area contributed by atoms with E-state index < -0.39 is 11.6 Å². The van der Waals surface area contributed by atoms with Crippen molar-refractivity contribution < 1.29 is 9.18 Å². The van der Waals surface area contributed by atoms with E-state index in [2.05, 4.69) is 15.4 Å². The fraction of sp³-hybridized carbons (Fsp3) is 0.0667. The third-order valence-electron chi connectivity index (χ3n) is 3.01. The number of nitrogens with zero attached hydrogens (tertiary/aromatic N) is 4. The summed E-state index contributed by atoms with van der Waals surface area (Å²) in [5.41, 5.74) is 0.738. The number of hydrogen-bond acceptors (Lipinski definition) is 4. The van der Waals surface area contributed by atoms with Crippen LogP contribution in [0, 0.1) is 5.82 Å². The van der Waals surface area contributed by atoms with Gasteiger partial charge in [-0.25, -0.2) is 4.39 Å². The maximum atomic E-state index is 13.6. The number of carbonyl (C=O) groups is 1. The molecule has 0 unspecified atom stereocenters. The Morgan fingerprint density at radius 2 is 1.86 bits per heavy atom. The lowest BCUT2D eigenvalue weighted by Gasteiger charge is -2.00. The summed E-state index contributed by atoms with van der Waals surface area (Å²) in [5, 5.41) is 12.4. The minimum atomic E-state index is -0.564. The van der Waals surface area contributed by atoms with Crippen LogP contribution in [0.15, 0.2) is 48.5 Å². The minimum absolute atomic E-state index is 0.00726. The summed E-state index contributed by atoms with van der Waals surface area (Å²) in [6, 6.07) is 12.7. The Bertz CT molecular complexity index is 816. The number of halogens is 2. The quantitative estimate of drug-likeness (QED) is 0.694. The lowest BCUT2D eigenvalue weighted by molar-refractivity contribution is 0.0957. The fourth-order valence-electron chi connectivity index (χ4n) is 1.93. The van der Waals surface area contributed by atoms with Crippen LogP contribution in [0.1, 0.15) is 10.4 Å². The van der Waals surface area contributed by atoms with E-state index in [1.807, 2.05) is 0 Å². The molecule has 0 amide bonds. The number of carbonyl (C=O) groups excluding carboxylic acids is 1. The van der Waals surface area contributed by atoms with Gasteiger partial charge in [0.25, 0.3) is 0 Å². The van der Waals surface area contributed by atoms with Crippen LogP contribution in [0.25, 0.3) is 11.4 Å². The number of ketones is 1. The van der Waals surface area contributed by atoms with Crippen LogP contribution in [0.2, 0.25) is 5.02 Å². The smallest absolute Gasteiger partial charge is 0.204 e. The lowest BCUT2D eigenvalue weighted by Crippen LogP contribution is -2.14. The van der Waals surface area contributed by atoms with Crippen molar-refractivity contribution in [1.82, 2.24) is 20.2 Å². The SMILES string of the molecule is O=C(Cn1nnc(-c2ccc(Cl)cc2)n1)c1ccccc1F. The van der Waals surface area contributed by atoms with E-state index in [9.17, 15) is 9.18 Å². The first kappa shape index (κ1) is 14.3. The molecule has 0 spiro atoms. The average molecular weight is 317 g/mol. The van der Waals surface area contributed by atoms with E-state index in [1.54, 1.807) is 30.3 Å². The molecular formula is C15H10ClFN4O. The number of benzene rings is 2. The maximum Gasteiger partial charge on any atom is 0.204 e. The molecular weight excluding hydrogens is 307 g/mol. The van der Waals surface area contributed by atoms with Crippen molar-refractivity contribution in [3.63, 3.8) is 0 Å². The number of aromatic nitrogens is 4. The highest BCUT2D eigenvalue weighted by molar-refractivity contribution is 6.30. The predicted octanol–water partition coefficient (Wildman–Crippen LogP) is 3.02. The molecule has 0 N–H and O–H groups in total. The molecule has 3 aromatic rings. The van der Waals surface area contributed by atoms with Crippen molar-refractivity contribution in [2.45, 2.75) is 6.54 Å². The van der Waals surface area contributed by atoms with E-state index in [1.165, 1.54) is 18.2 Å². The van der Waals surface area contributed by atoms with Gasteiger partial charge in [-0.15, -0.1) is 10.2 Å². The predicted molar refractivity (Wildman–Crippen MR) is 79.0 cm³/mol. The van der Waals surface area contributed by atoms with Gasteiger partial charge in [0, 0.05) is 10.6 Å². The molecule has 0 saturated carbocycles. The molecule has 0 radical (unpaired) electrons. The lowest BCUT2D eigenvalue weighted by atomic mass is 10.1. The fourth-order valence-corrected chi connectivity index (χ4v) is 2.05. The second-order valence-electron chi connectivity index (χ2n) is 4.55. The Kier molecular flexibility index (Phi) is 3.93. The molecule has 3 rings (SSSR count). The largest absolute Gasteiger partial charge is 0.292 e. The first-order valence-electron chi connectivity index (χ1n) is 6.45. The van der Waals surface area contributed by atoms with Gasteiger partial charge in [0.2, 0.25) is 5.82 Å². The van der Waals surface area contributed by atoms with E-state index in [-0.39, 0.29) is 12.1 Å². The third kappa shape index (κ3) is 3.01. The summed E-state index contributed by atoms with van der Waals surface area (Å²) in [6.07, 6.45) is 0. The van der Waals surface area contributed by atoms with E-state index in [0.717, 1.165) is 10.4 Å². The molecule has 5 nitrogen and oxygen atoms in total. The number of rotatable bonds is 4. The molecule has 22 heavy (non-hydrogen) atoms. The van der Waals surface area contributed by atoms with Crippen LogP contribution in [-0.4, -0.2) is 26.0 Å². The van der Waals surface area contributed by atoms with Crippen molar-refractivity contribution in [3.8, 4) is 11.4 Å². The Balaban J connectivity index is 1.78. The zero-order chi connectivity index (χ0) is 15.5. The summed E-state index contributed by atoms with van der Waals surface area (Å²) in [7, 11) is 0. The Labute approximate surface area is 130 Å². The highest BCUT2D eigenvalue weighted by atomic mass is 35.5. The molecule has 7 heteroatoms. The van der Waals surface area contributed by atoms with Gasteiger partial charge < -0.3 is 0 Å². The van der Waals surface area contributed by atoms with E-state index in [0.29, 0.717) is 10.8 Å². The van der Waals surface area contributed by atoms with Crippen LogP contribution >= 0.6 is 11.6 Å². The average Bonchev–Trinajstić information content (AvgIpc) is 2.97. The van der Waals surface area contributed by atoms with Gasteiger partial charge in [-0.1, -0.05) is 23.7 Å². The molecule has 110 valence electrons. The summed E-state index contributed by atoms with van der Waals surface area (Å²) in [6.45, 7) is -0.179. The van der Waals surface area contributed by atoms with Crippen molar-refractivity contribution >= 4 is 17.4 Å². The molecule has 0 aliphatic heterocycles. The van der Waals surface area contributed by atoms with Crippen LogP contribution in [0.4, 0.5) is 4.39 Å². The molecule has 0 saturated heterocycles. The molecule has 0 fully saturated rings. The number of hydrogen-bond donors (Lipinski definition) is 0. The number of tetrazole rings is 1. The van der Waals surface area contributed by atoms with Gasteiger partial charge in [0.15, 0.2) is 5.78 Å². The molecule has 0 aliphatic rings. The molecule has 0 atom stereocenters. The molecule has 0 bridgehead atoms. The minimum Gasteiger partial charge on any atom is -0.292 e. The molecule has 2 aromatic carbocycles. The highest BCUT2D eigenvalue weighted by Crippen LogP contribution is 2.17.